The van der Waals surface area contributed by atoms with Gasteiger partial charge >= 0.3 is 11.9 Å². The number of unbranched alkanes of at least 4 members (excludes halogenated alkanes) is 12. The second kappa shape index (κ2) is 22.7. The van der Waals surface area contributed by atoms with Crippen LogP contribution in [0.15, 0.2) is 23.4 Å². The summed E-state index contributed by atoms with van der Waals surface area (Å²) in [6.45, 7) is 12.3. The molecule has 0 N–H and O–H groups in total. The summed E-state index contributed by atoms with van der Waals surface area (Å²) < 4.78 is 10.8. The molecule has 2 aliphatic heterocycles. The summed E-state index contributed by atoms with van der Waals surface area (Å²) in [6, 6.07) is 0. The molecule has 236 valence electrons. The van der Waals surface area contributed by atoms with E-state index in [9.17, 15) is 9.59 Å². The average Bonchev–Trinajstić information content (AvgIpc) is 3.49. The van der Waals surface area contributed by atoms with Gasteiger partial charge in [0, 0.05) is 26.2 Å². The number of likely N-dealkylation sites (tertiary alicyclic amines) is 1. The molecule has 1 saturated heterocycles. The van der Waals surface area contributed by atoms with Gasteiger partial charge in [-0.3, -0.25) is 4.90 Å². The van der Waals surface area contributed by atoms with E-state index in [4.69, 9.17) is 9.47 Å². The van der Waals surface area contributed by atoms with Crippen molar-refractivity contribution in [2.45, 2.75) is 124 Å². The molecule has 0 amide bonds. The van der Waals surface area contributed by atoms with Crippen molar-refractivity contribution in [3.8, 4) is 0 Å². The van der Waals surface area contributed by atoms with E-state index in [2.05, 4.69) is 33.8 Å². The zero-order chi connectivity index (χ0) is 29.5. The van der Waals surface area contributed by atoms with Gasteiger partial charge < -0.3 is 19.3 Å². The molecule has 0 radical (unpaired) electrons. The van der Waals surface area contributed by atoms with Crippen LogP contribution >= 0.6 is 0 Å². The van der Waals surface area contributed by atoms with Crippen molar-refractivity contribution < 1.29 is 19.1 Å². The van der Waals surface area contributed by atoms with Crippen LogP contribution in [0.1, 0.15) is 124 Å². The Morgan fingerprint density at radius 2 is 1.22 bits per heavy atom. The molecule has 7 heteroatoms. The average molecular weight is 576 g/mol. The van der Waals surface area contributed by atoms with Gasteiger partial charge in [0.2, 0.25) is 0 Å². The first-order valence-electron chi connectivity index (χ1n) is 17.0. The lowest BCUT2D eigenvalue weighted by atomic mass is 10.1. The highest BCUT2D eigenvalue weighted by atomic mass is 16.5. The Kier molecular flexibility index (Phi) is 19.6. The van der Waals surface area contributed by atoms with E-state index in [1.165, 1.54) is 96.3 Å². The van der Waals surface area contributed by atoms with E-state index in [0.717, 1.165) is 32.6 Å². The highest BCUT2D eigenvalue weighted by Crippen LogP contribution is 2.23. The summed E-state index contributed by atoms with van der Waals surface area (Å²) in [5.74, 6) is -0.804. The monoisotopic (exact) mass is 575 g/mol. The van der Waals surface area contributed by atoms with E-state index in [0.29, 0.717) is 37.6 Å². The molecule has 41 heavy (non-hydrogen) atoms. The van der Waals surface area contributed by atoms with Crippen LogP contribution in [-0.2, 0) is 19.1 Å². The molecule has 0 bridgehead atoms. The maximum atomic E-state index is 13.0. The molecular formula is C34H61N3O4. The highest BCUT2D eigenvalue weighted by molar-refractivity contribution is 6.00. The first-order chi connectivity index (χ1) is 20.1. The van der Waals surface area contributed by atoms with Crippen LogP contribution in [0.4, 0.5) is 0 Å². The first-order valence-corrected chi connectivity index (χ1v) is 17.0. The number of allylic oxidation sites excluding steroid dienone is 2. The minimum absolute atomic E-state index is 0.289. The maximum Gasteiger partial charge on any atom is 0.355 e. The van der Waals surface area contributed by atoms with Crippen molar-refractivity contribution in [2.75, 3.05) is 59.2 Å². The largest absolute Gasteiger partial charge is 0.463 e. The minimum Gasteiger partial charge on any atom is -0.463 e. The fourth-order valence-electron chi connectivity index (χ4n) is 5.87. The SMILES string of the molecule is CCCCCCCC/C=C\CCCCCCCCN1CC(C(=O)OCC)=C(C(=O)OCC)N(CCN2CCCC2)C1. The van der Waals surface area contributed by atoms with E-state index < -0.39 is 11.9 Å². The number of nitrogens with zero attached hydrogens (tertiary/aromatic N) is 3. The summed E-state index contributed by atoms with van der Waals surface area (Å²) in [4.78, 5) is 32.7. The number of carbonyl (C=O) groups is 2. The van der Waals surface area contributed by atoms with Gasteiger partial charge in [0.25, 0.3) is 0 Å². The second-order valence-corrected chi connectivity index (χ2v) is 11.7. The number of hydrogen-bond acceptors (Lipinski definition) is 7. The highest BCUT2D eigenvalue weighted by Gasteiger charge is 2.34. The van der Waals surface area contributed by atoms with Crippen molar-refractivity contribution in [1.82, 2.24) is 14.7 Å². The van der Waals surface area contributed by atoms with E-state index >= 15 is 0 Å². The summed E-state index contributed by atoms with van der Waals surface area (Å²) in [5.41, 5.74) is 0.851. The Labute approximate surface area is 251 Å². The first kappa shape index (κ1) is 35.3. The Balaban J connectivity index is 1.73. The number of carbonyl (C=O) groups excluding carboxylic acids is 2. The molecule has 0 aliphatic carbocycles. The molecule has 1 fully saturated rings. The maximum absolute atomic E-state index is 13.0. The summed E-state index contributed by atoms with van der Waals surface area (Å²) in [6.07, 6.45) is 25.3. The number of ether oxygens (including phenoxy) is 2. The molecule has 0 atom stereocenters. The van der Waals surface area contributed by atoms with Crippen LogP contribution in [0.25, 0.3) is 0 Å². The second-order valence-electron chi connectivity index (χ2n) is 11.7. The lowest BCUT2D eigenvalue weighted by molar-refractivity contribution is -0.144. The van der Waals surface area contributed by atoms with E-state index in [-0.39, 0.29) is 6.61 Å². The molecule has 0 saturated carbocycles. The van der Waals surface area contributed by atoms with Gasteiger partial charge in [-0.1, -0.05) is 76.9 Å². The van der Waals surface area contributed by atoms with Gasteiger partial charge in [-0.15, -0.1) is 0 Å². The van der Waals surface area contributed by atoms with Crippen LogP contribution in [0.3, 0.4) is 0 Å². The van der Waals surface area contributed by atoms with Gasteiger partial charge in [0.05, 0.1) is 25.5 Å². The topological polar surface area (TPSA) is 62.3 Å². The van der Waals surface area contributed by atoms with Crippen molar-refractivity contribution in [2.24, 2.45) is 0 Å². The van der Waals surface area contributed by atoms with Gasteiger partial charge in [-0.05, 0) is 71.9 Å². The molecule has 0 aromatic rings. The summed E-state index contributed by atoms with van der Waals surface area (Å²) in [7, 11) is 0. The Morgan fingerprint density at radius 1 is 0.659 bits per heavy atom. The Bertz CT molecular complexity index is 776. The lowest BCUT2D eigenvalue weighted by Crippen LogP contribution is -2.49. The van der Waals surface area contributed by atoms with Gasteiger partial charge in [-0.2, -0.15) is 0 Å². The molecule has 2 heterocycles. The van der Waals surface area contributed by atoms with Gasteiger partial charge in [-0.25, -0.2) is 9.59 Å². The number of esters is 2. The molecule has 0 spiro atoms. The summed E-state index contributed by atoms with van der Waals surface area (Å²) in [5, 5.41) is 0. The molecule has 0 aromatic carbocycles. The van der Waals surface area contributed by atoms with Crippen molar-refractivity contribution >= 4 is 11.9 Å². The molecule has 0 unspecified atom stereocenters. The van der Waals surface area contributed by atoms with Gasteiger partial charge in [0.1, 0.15) is 5.70 Å². The van der Waals surface area contributed by atoms with E-state index in [1.54, 1.807) is 13.8 Å². The van der Waals surface area contributed by atoms with Crippen molar-refractivity contribution in [1.29, 1.82) is 0 Å². The predicted molar refractivity (Wildman–Crippen MR) is 169 cm³/mol. The zero-order valence-electron chi connectivity index (χ0n) is 26.8. The molecule has 0 aromatic heterocycles. The fraction of sp³-hybridized carbons (Fsp3) is 0.824. The quantitative estimate of drug-likeness (QED) is 0.0733. The normalized spacial score (nSPS) is 16.7. The third-order valence-electron chi connectivity index (χ3n) is 8.22. The molecule has 2 aliphatic rings. The zero-order valence-corrected chi connectivity index (χ0v) is 26.8. The van der Waals surface area contributed by atoms with Gasteiger partial charge in [0.15, 0.2) is 0 Å². The van der Waals surface area contributed by atoms with Crippen LogP contribution in [0, 0.1) is 0 Å². The molecule has 7 nitrogen and oxygen atoms in total. The van der Waals surface area contributed by atoms with Crippen LogP contribution in [-0.4, -0.2) is 85.8 Å². The third kappa shape index (κ3) is 14.7. The molecular weight excluding hydrogens is 514 g/mol. The van der Waals surface area contributed by atoms with Crippen LogP contribution < -0.4 is 0 Å². The minimum atomic E-state index is -0.408. The summed E-state index contributed by atoms with van der Waals surface area (Å²) >= 11 is 0. The fourth-order valence-corrected chi connectivity index (χ4v) is 5.87. The van der Waals surface area contributed by atoms with E-state index in [1.807, 2.05) is 0 Å². The van der Waals surface area contributed by atoms with Crippen LogP contribution in [0.2, 0.25) is 0 Å². The molecule has 2 rings (SSSR count). The Morgan fingerprint density at radius 3 is 1.83 bits per heavy atom. The Hall–Kier alpha value is -1.86. The van der Waals surface area contributed by atoms with Crippen molar-refractivity contribution in [3.05, 3.63) is 23.4 Å². The lowest BCUT2D eigenvalue weighted by Gasteiger charge is -2.39. The predicted octanol–water partition coefficient (Wildman–Crippen LogP) is 7.08. The van der Waals surface area contributed by atoms with Crippen LogP contribution in [0.5, 0.6) is 0 Å². The number of rotatable bonds is 23. The smallest absolute Gasteiger partial charge is 0.355 e. The third-order valence-corrected chi connectivity index (χ3v) is 8.22. The standard InChI is InChI=1S/C34H61N3O4/c1-4-7-8-9-10-11-12-13-14-15-16-17-18-19-20-21-26-36-29-31(33(38)40-5-2)32(34(39)41-6-3)37(30-36)28-27-35-24-22-23-25-35/h13-14H,4-12,15-30H2,1-3H3/b14-13-. The number of hydrogen-bond donors (Lipinski definition) is 0. The van der Waals surface area contributed by atoms with Crippen molar-refractivity contribution in [3.63, 3.8) is 0 Å².